The van der Waals surface area contributed by atoms with Gasteiger partial charge in [0.1, 0.15) is 5.67 Å². The first kappa shape index (κ1) is 17.5. The summed E-state index contributed by atoms with van der Waals surface area (Å²) >= 11 is 0. The van der Waals surface area contributed by atoms with Gasteiger partial charge in [-0.2, -0.15) is 0 Å². The van der Waals surface area contributed by atoms with Crippen LogP contribution in [0, 0.1) is 0 Å². The van der Waals surface area contributed by atoms with Crippen LogP contribution < -0.4 is 11.1 Å². The maximum Gasteiger partial charge on any atom is 0.722 e. The van der Waals surface area contributed by atoms with Crippen molar-refractivity contribution in [3.63, 3.8) is 0 Å². The van der Waals surface area contributed by atoms with Crippen molar-refractivity contribution in [2.24, 2.45) is 5.73 Å². The normalized spacial score (nSPS) is 14.2. The van der Waals surface area contributed by atoms with E-state index in [0.29, 0.717) is 0 Å². The standard InChI is InChI=1S/C10H20N2O6Si/c1-6(11)12-7(2)19(16-8(3)13,17-9(4)14)18-10(5)15/h6-7,12H,11H2,1-5H3. The Balaban J connectivity index is 5.36. The lowest BCUT2D eigenvalue weighted by molar-refractivity contribution is -0.148. The Bertz CT molecular complexity index is 319. The molecule has 0 saturated carbocycles. The minimum absolute atomic E-state index is 0.469. The molecule has 0 bridgehead atoms. The number of hydrogen-bond donors (Lipinski definition) is 2. The van der Waals surface area contributed by atoms with Gasteiger partial charge in [-0.3, -0.25) is 19.7 Å². The molecule has 0 aliphatic rings. The summed E-state index contributed by atoms with van der Waals surface area (Å²) in [6.07, 6.45) is -0.469. The van der Waals surface area contributed by atoms with Crippen molar-refractivity contribution in [3.05, 3.63) is 0 Å². The summed E-state index contributed by atoms with van der Waals surface area (Å²) < 4.78 is 15.1. The highest BCUT2D eigenvalue weighted by molar-refractivity contribution is 6.67. The molecule has 0 aromatic carbocycles. The molecule has 0 saturated heterocycles. The van der Waals surface area contributed by atoms with Crippen LogP contribution in [0.15, 0.2) is 0 Å². The first-order chi connectivity index (χ1) is 8.59. The Hall–Kier alpha value is -1.45. The van der Waals surface area contributed by atoms with Crippen molar-refractivity contribution in [1.29, 1.82) is 0 Å². The van der Waals surface area contributed by atoms with Gasteiger partial charge in [-0.05, 0) is 13.8 Å². The molecule has 0 amide bonds. The van der Waals surface area contributed by atoms with E-state index in [9.17, 15) is 14.4 Å². The number of carbonyl (C=O) groups is 3. The van der Waals surface area contributed by atoms with Crippen molar-refractivity contribution in [2.45, 2.75) is 46.4 Å². The summed E-state index contributed by atoms with van der Waals surface area (Å²) in [4.78, 5) is 33.6. The number of nitrogens with two attached hydrogens (primary N) is 1. The number of rotatable bonds is 6. The van der Waals surface area contributed by atoms with Crippen LogP contribution in [-0.4, -0.2) is 38.5 Å². The summed E-state index contributed by atoms with van der Waals surface area (Å²) in [5.41, 5.74) is 4.85. The van der Waals surface area contributed by atoms with Gasteiger partial charge < -0.3 is 19.0 Å². The van der Waals surface area contributed by atoms with Crippen LogP contribution in [0.1, 0.15) is 34.6 Å². The lowest BCUT2D eigenvalue weighted by atomic mass is 10.6. The predicted octanol–water partition coefficient (Wildman–Crippen LogP) is -0.563. The van der Waals surface area contributed by atoms with Gasteiger partial charge in [0.2, 0.25) is 0 Å². The van der Waals surface area contributed by atoms with E-state index in [1.807, 2.05) is 0 Å². The second kappa shape index (κ2) is 7.21. The molecule has 0 fully saturated rings. The van der Waals surface area contributed by atoms with Crippen LogP contribution in [0.3, 0.4) is 0 Å². The average molecular weight is 292 g/mol. The fourth-order valence-electron chi connectivity index (χ4n) is 1.43. The van der Waals surface area contributed by atoms with Gasteiger partial charge in [-0.25, -0.2) is 0 Å². The maximum absolute atomic E-state index is 11.2. The Morgan fingerprint density at radius 1 is 0.947 bits per heavy atom. The first-order valence-corrected chi connectivity index (χ1v) is 7.49. The topological polar surface area (TPSA) is 117 Å². The third-order valence-electron chi connectivity index (χ3n) is 1.90. The molecule has 2 atom stereocenters. The molecule has 0 radical (unpaired) electrons. The zero-order valence-electron chi connectivity index (χ0n) is 11.7. The second-order valence-corrected chi connectivity index (χ2v) is 6.75. The molecule has 0 aliphatic heterocycles. The van der Waals surface area contributed by atoms with Crippen molar-refractivity contribution < 1.29 is 27.7 Å². The fraction of sp³-hybridized carbons (Fsp3) is 0.700. The van der Waals surface area contributed by atoms with Gasteiger partial charge in [0.05, 0.1) is 6.17 Å². The Kier molecular flexibility index (Phi) is 6.66. The van der Waals surface area contributed by atoms with Crippen molar-refractivity contribution in [2.75, 3.05) is 0 Å². The highest BCUT2D eigenvalue weighted by Gasteiger charge is 2.57. The monoisotopic (exact) mass is 292 g/mol. The number of nitrogens with one attached hydrogen (secondary N) is 1. The zero-order valence-corrected chi connectivity index (χ0v) is 12.7. The zero-order chi connectivity index (χ0) is 15.2. The molecule has 110 valence electrons. The fourth-order valence-corrected chi connectivity index (χ4v) is 3.75. The minimum Gasteiger partial charge on any atom is -0.454 e. The molecule has 19 heavy (non-hydrogen) atoms. The molecule has 0 aromatic rings. The minimum atomic E-state index is -3.89. The summed E-state index contributed by atoms with van der Waals surface area (Å²) in [7, 11) is -3.89. The summed E-state index contributed by atoms with van der Waals surface area (Å²) in [6, 6.07) is 0. The van der Waals surface area contributed by atoms with Gasteiger partial charge in [0.15, 0.2) is 0 Å². The van der Waals surface area contributed by atoms with Gasteiger partial charge in [0.25, 0.3) is 17.9 Å². The van der Waals surface area contributed by atoms with Gasteiger partial charge in [-0.15, -0.1) is 0 Å². The molecule has 0 spiro atoms. The molecular formula is C10H20N2O6Si. The quantitative estimate of drug-likeness (QED) is 0.494. The van der Waals surface area contributed by atoms with E-state index < -0.39 is 38.5 Å². The van der Waals surface area contributed by atoms with Crippen molar-refractivity contribution in [3.8, 4) is 0 Å². The molecule has 0 rings (SSSR count). The largest absolute Gasteiger partial charge is 0.722 e. The van der Waals surface area contributed by atoms with Crippen LogP contribution in [0.5, 0.6) is 0 Å². The number of hydrogen-bond acceptors (Lipinski definition) is 8. The van der Waals surface area contributed by atoms with Crippen LogP contribution in [0.4, 0.5) is 0 Å². The van der Waals surface area contributed by atoms with Crippen LogP contribution in [0.2, 0.25) is 0 Å². The van der Waals surface area contributed by atoms with Crippen molar-refractivity contribution in [1.82, 2.24) is 5.32 Å². The average Bonchev–Trinajstić information content (AvgIpc) is 2.12. The van der Waals surface area contributed by atoms with E-state index in [1.54, 1.807) is 13.8 Å². The molecule has 3 N–H and O–H groups in total. The lowest BCUT2D eigenvalue weighted by Gasteiger charge is -2.31. The molecular weight excluding hydrogens is 272 g/mol. The highest BCUT2D eigenvalue weighted by Crippen LogP contribution is 2.16. The molecule has 2 unspecified atom stereocenters. The predicted molar refractivity (Wildman–Crippen MR) is 67.3 cm³/mol. The van der Waals surface area contributed by atoms with E-state index in [2.05, 4.69) is 5.32 Å². The van der Waals surface area contributed by atoms with Crippen LogP contribution in [0.25, 0.3) is 0 Å². The van der Waals surface area contributed by atoms with Gasteiger partial charge >= 0.3 is 8.80 Å². The summed E-state index contributed by atoms with van der Waals surface area (Å²) in [6.45, 7) is 6.60. The third kappa shape index (κ3) is 6.32. The van der Waals surface area contributed by atoms with Gasteiger partial charge in [0, 0.05) is 20.8 Å². The second-order valence-electron chi connectivity index (χ2n) is 4.06. The van der Waals surface area contributed by atoms with Gasteiger partial charge in [-0.1, -0.05) is 0 Å². The Labute approximate surface area is 112 Å². The Morgan fingerprint density at radius 2 is 1.26 bits per heavy atom. The van der Waals surface area contributed by atoms with E-state index in [0.717, 1.165) is 20.8 Å². The highest BCUT2D eigenvalue weighted by atomic mass is 28.4. The Morgan fingerprint density at radius 3 is 1.47 bits per heavy atom. The van der Waals surface area contributed by atoms with E-state index >= 15 is 0 Å². The third-order valence-corrected chi connectivity index (χ3v) is 4.84. The van der Waals surface area contributed by atoms with Crippen LogP contribution >= 0.6 is 0 Å². The maximum atomic E-state index is 11.2. The summed E-state index contributed by atoms with van der Waals surface area (Å²) in [5, 5.41) is 2.81. The molecule has 0 aromatic heterocycles. The first-order valence-electron chi connectivity index (χ1n) is 5.69. The smallest absolute Gasteiger partial charge is 0.454 e. The van der Waals surface area contributed by atoms with Crippen molar-refractivity contribution >= 4 is 26.7 Å². The number of carbonyl (C=O) groups excluding carboxylic acids is 3. The molecule has 9 heteroatoms. The summed E-state index contributed by atoms with van der Waals surface area (Å²) in [5.74, 6) is -2.15. The SMILES string of the molecule is CC(=O)O[Si](OC(C)=O)(OC(C)=O)C(C)NC(C)N. The lowest BCUT2D eigenvalue weighted by Crippen LogP contribution is -2.64. The molecule has 0 aliphatic carbocycles. The van der Waals surface area contributed by atoms with E-state index in [4.69, 9.17) is 19.0 Å². The van der Waals surface area contributed by atoms with E-state index in [-0.39, 0.29) is 0 Å². The molecule has 0 heterocycles. The van der Waals surface area contributed by atoms with Crippen LogP contribution in [-0.2, 0) is 27.7 Å². The van der Waals surface area contributed by atoms with E-state index in [1.165, 1.54) is 0 Å². The molecule has 8 nitrogen and oxygen atoms in total.